The maximum absolute atomic E-state index is 12.8. The van der Waals surface area contributed by atoms with E-state index in [0.29, 0.717) is 0 Å². The highest BCUT2D eigenvalue weighted by atomic mass is 19.1. The highest BCUT2D eigenvalue weighted by molar-refractivity contribution is 6.33. The summed E-state index contributed by atoms with van der Waals surface area (Å²) in [6, 6.07) is 3.59. The van der Waals surface area contributed by atoms with E-state index in [-0.39, 0.29) is 11.5 Å². The topological polar surface area (TPSA) is 58.9 Å². The maximum Gasteiger partial charge on any atom is 0.707 e. The summed E-state index contributed by atoms with van der Waals surface area (Å²) in [5, 5.41) is 16.9. The molecule has 4 nitrogen and oxygen atoms in total. The van der Waals surface area contributed by atoms with Gasteiger partial charge in [0, 0.05) is 6.07 Å². The van der Waals surface area contributed by atoms with E-state index >= 15 is 0 Å². The fourth-order valence-electron chi connectivity index (χ4n) is 0.835. The molecule has 0 heterocycles. The van der Waals surface area contributed by atoms with Crippen LogP contribution in [0.4, 0.5) is 4.39 Å². The van der Waals surface area contributed by atoms with Gasteiger partial charge in [0.25, 0.3) is 0 Å². The largest absolute Gasteiger partial charge is 0.707 e. The average molecular weight is 186 g/mol. The van der Waals surface area contributed by atoms with Crippen molar-refractivity contribution in [1.82, 2.24) is 0 Å². The van der Waals surface area contributed by atoms with E-state index in [1.54, 1.807) is 0 Å². The summed E-state index contributed by atoms with van der Waals surface area (Å²) in [4.78, 5) is 0. The van der Waals surface area contributed by atoms with E-state index in [0.717, 1.165) is 6.07 Å². The highest BCUT2D eigenvalue weighted by Gasteiger charge is 2.12. The summed E-state index contributed by atoms with van der Waals surface area (Å²) in [7, 11) is -0.618. The van der Waals surface area contributed by atoms with Crippen molar-refractivity contribution >= 4 is 7.32 Å². The van der Waals surface area contributed by atoms with Gasteiger partial charge in [0.05, 0.1) is 7.11 Å². The Morgan fingerprint density at radius 1 is 1.38 bits per heavy atom. The van der Waals surface area contributed by atoms with Crippen LogP contribution in [0.25, 0.3) is 0 Å². The monoisotopic (exact) mass is 186 g/mol. The Kier molecular flexibility index (Phi) is 3.10. The van der Waals surface area contributed by atoms with Crippen molar-refractivity contribution in [1.29, 1.82) is 0 Å². The smallest absolute Gasteiger partial charge is 0.512 e. The van der Waals surface area contributed by atoms with Crippen LogP contribution in [0, 0.1) is 5.82 Å². The Balaban J connectivity index is 2.86. The first-order chi connectivity index (χ1) is 6.13. The van der Waals surface area contributed by atoms with E-state index in [1.807, 2.05) is 0 Å². The van der Waals surface area contributed by atoms with Crippen LogP contribution in [0.15, 0.2) is 18.2 Å². The molecule has 0 aliphatic heterocycles. The van der Waals surface area contributed by atoms with Gasteiger partial charge < -0.3 is 19.4 Å². The standard InChI is InChI=1S/C7H8BFO4/c1-12-7-4-5(13-8(10)11)2-3-6(7)9/h2-4,10-11H,1H3. The third kappa shape index (κ3) is 2.60. The van der Waals surface area contributed by atoms with Crippen LogP contribution in [0.5, 0.6) is 11.5 Å². The number of rotatable bonds is 3. The first-order valence-corrected chi connectivity index (χ1v) is 3.50. The van der Waals surface area contributed by atoms with Gasteiger partial charge in [0.1, 0.15) is 5.75 Å². The lowest BCUT2D eigenvalue weighted by atomic mass is 10.2. The molecule has 13 heavy (non-hydrogen) atoms. The quantitative estimate of drug-likeness (QED) is 0.661. The van der Waals surface area contributed by atoms with E-state index in [4.69, 9.17) is 10.0 Å². The first kappa shape index (κ1) is 9.82. The minimum absolute atomic E-state index is 0.0156. The molecule has 0 bridgehead atoms. The number of benzene rings is 1. The van der Waals surface area contributed by atoms with Crippen molar-refractivity contribution in [3.8, 4) is 11.5 Å². The summed E-state index contributed by atoms with van der Waals surface area (Å²) >= 11 is 0. The molecule has 70 valence electrons. The van der Waals surface area contributed by atoms with Gasteiger partial charge in [-0.25, -0.2) is 4.39 Å². The normalized spacial score (nSPS) is 9.54. The van der Waals surface area contributed by atoms with Crippen LogP contribution in [-0.2, 0) is 0 Å². The second-order valence-corrected chi connectivity index (χ2v) is 2.24. The lowest BCUT2D eigenvalue weighted by Crippen LogP contribution is -2.20. The minimum atomic E-state index is -1.92. The van der Waals surface area contributed by atoms with Crippen molar-refractivity contribution in [3.63, 3.8) is 0 Å². The Bertz CT molecular complexity index is 292. The summed E-state index contributed by atoms with van der Waals surface area (Å²) < 4.78 is 21.9. The summed E-state index contributed by atoms with van der Waals surface area (Å²) in [6.07, 6.45) is 0. The second-order valence-electron chi connectivity index (χ2n) is 2.24. The second kappa shape index (κ2) is 4.11. The number of methoxy groups -OCH3 is 1. The first-order valence-electron chi connectivity index (χ1n) is 3.50. The van der Waals surface area contributed by atoms with Gasteiger partial charge in [-0.2, -0.15) is 0 Å². The molecule has 0 aliphatic carbocycles. The van der Waals surface area contributed by atoms with Crippen LogP contribution in [0.2, 0.25) is 0 Å². The van der Waals surface area contributed by atoms with Crippen LogP contribution in [0.3, 0.4) is 0 Å². The Labute approximate surface area is 74.7 Å². The van der Waals surface area contributed by atoms with E-state index < -0.39 is 13.1 Å². The molecule has 1 rings (SSSR count). The SMILES string of the molecule is COc1cc(OB(O)O)ccc1F. The lowest BCUT2D eigenvalue weighted by Gasteiger charge is -2.06. The zero-order valence-corrected chi connectivity index (χ0v) is 6.90. The lowest BCUT2D eigenvalue weighted by molar-refractivity contribution is 0.286. The van der Waals surface area contributed by atoms with Gasteiger partial charge in [0.15, 0.2) is 11.6 Å². The van der Waals surface area contributed by atoms with Crippen LogP contribution in [-0.4, -0.2) is 24.5 Å². The Morgan fingerprint density at radius 2 is 2.08 bits per heavy atom. The molecule has 0 aromatic heterocycles. The van der Waals surface area contributed by atoms with Crippen LogP contribution >= 0.6 is 0 Å². The number of ether oxygens (including phenoxy) is 1. The molecular formula is C7H8BFO4. The molecule has 0 amide bonds. The molecule has 2 N–H and O–H groups in total. The molecule has 0 saturated heterocycles. The molecule has 0 spiro atoms. The zero-order valence-electron chi connectivity index (χ0n) is 6.90. The van der Waals surface area contributed by atoms with E-state index in [9.17, 15) is 4.39 Å². The molecule has 0 unspecified atom stereocenters. The summed E-state index contributed by atoms with van der Waals surface area (Å²) in [5.41, 5.74) is 0. The number of hydrogen-bond donors (Lipinski definition) is 2. The van der Waals surface area contributed by atoms with Crippen LogP contribution in [0.1, 0.15) is 0 Å². The van der Waals surface area contributed by atoms with Gasteiger partial charge in [-0.3, -0.25) is 0 Å². The molecule has 0 fully saturated rings. The predicted molar refractivity (Wildman–Crippen MR) is 43.8 cm³/mol. The number of hydrogen-bond acceptors (Lipinski definition) is 4. The molecular weight excluding hydrogens is 178 g/mol. The minimum Gasteiger partial charge on any atom is -0.512 e. The molecule has 1 aromatic carbocycles. The van der Waals surface area contributed by atoms with Crippen molar-refractivity contribution in [3.05, 3.63) is 24.0 Å². The van der Waals surface area contributed by atoms with Crippen molar-refractivity contribution in [2.24, 2.45) is 0 Å². The fourth-order valence-corrected chi connectivity index (χ4v) is 0.835. The highest BCUT2D eigenvalue weighted by Crippen LogP contribution is 2.22. The Morgan fingerprint density at radius 3 is 2.62 bits per heavy atom. The van der Waals surface area contributed by atoms with Crippen LogP contribution < -0.4 is 9.39 Å². The van der Waals surface area contributed by atoms with Crippen molar-refractivity contribution in [2.75, 3.05) is 7.11 Å². The van der Waals surface area contributed by atoms with Crippen molar-refractivity contribution in [2.45, 2.75) is 0 Å². The van der Waals surface area contributed by atoms with Gasteiger partial charge in [0.2, 0.25) is 0 Å². The summed E-state index contributed by atoms with van der Waals surface area (Å²) in [5.74, 6) is -0.436. The van der Waals surface area contributed by atoms with Gasteiger partial charge >= 0.3 is 7.32 Å². The zero-order chi connectivity index (χ0) is 9.84. The molecule has 0 atom stereocenters. The maximum atomic E-state index is 12.8. The van der Waals surface area contributed by atoms with E-state index in [1.165, 1.54) is 19.2 Å². The average Bonchev–Trinajstić information content (AvgIpc) is 2.07. The molecule has 0 saturated carbocycles. The molecule has 1 aromatic rings. The van der Waals surface area contributed by atoms with Gasteiger partial charge in [-0.05, 0) is 12.1 Å². The predicted octanol–water partition coefficient (Wildman–Crippen LogP) is 0.183. The van der Waals surface area contributed by atoms with Crippen molar-refractivity contribution < 1.29 is 23.8 Å². The molecule has 0 aliphatic rings. The third-order valence-electron chi connectivity index (χ3n) is 1.36. The molecule has 6 heteroatoms. The summed E-state index contributed by atoms with van der Waals surface area (Å²) in [6.45, 7) is 0. The Hall–Kier alpha value is -1.27. The fraction of sp³-hybridized carbons (Fsp3) is 0.143. The third-order valence-corrected chi connectivity index (χ3v) is 1.36. The molecule has 0 radical (unpaired) electrons. The van der Waals surface area contributed by atoms with E-state index in [2.05, 4.69) is 9.39 Å². The van der Waals surface area contributed by atoms with Gasteiger partial charge in [-0.15, -0.1) is 0 Å². The van der Waals surface area contributed by atoms with Gasteiger partial charge in [-0.1, -0.05) is 0 Å². The number of halogens is 1.